The fourth-order valence-corrected chi connectivity index (χ4v) is 2.34. The predicted octanol–water partition coefficient (Wildman–Crippen LogP) is 1.31. The highest BCUT2D eigenvalue weighted by atomic mass is 16.5. The zero-order valence-electron chi connectivity index (χ0n) is 9.60. The van der Waals surface area contributed by atoms with Gasteiger partial charge in [0.15, 0.2) is 0 Å². The number of rotatable bonds is 4. The Hall–Kier alpha value is -0.120. The smallest absolute Gasteiger partial charge is 0.0669 e. The van der Waals surface area contributed by atoms with Gasteiger partial charge in [-0.2, -0.15) is 0 Å². The van der Waals surface area contributed by atoms with Crippen LogP contribution in [-0.4, -0.2) is 36.5 Å². The van der Waals surface area contributed by atoms with Gasteiger partial charge in [0.25, 0.3) is 0 Å². The van der Waals surface area contributed by atoms with Crippen LogP contribution in [0.3, 0.4) is 0 Å². The van der Waals surface area contributed by atoms with Gasteiger partial charge in [0.1, 0.15) is 0 Å². The van der Waals surface area contributed by atoms with Crippen molar-refractivity contribution in [2.75, 3.05) is 20.3 Å². The number of ether oxygens (including phenoxy) is 1. The van der Waals surface area contributed by atoms with E-state index in [-0.39, 0.29) is 17.7 Å². The molecule has 3 heteroatoms. The molecule has 0 saturated carbocycles. The third kappa shape index (κ3) is 2.47. The number of aliphatic hydroxyl groups excluding tert-OH is 1. The maximum absolute atomic E-state index is 9.08. The van der Waals surface area contributed by atoms with Crippen molar-refractivity contribution >= 4 is 0 Å². The molecule has 1 aliphatic rings. The Balaban J connectivity index is 2.68. The molecule has 1 aliphatic heterocycles. The third-order valence-corrected chi connectivity index (χ3v) is 3.61. The SMILES string of the molecule is CCC1(C)CC(CCO)(NC)CCO1. The highest BCUT2D eigenvalue weighted by Gasteiger charge is 2.40. The van der Waals surface area contributed by atoms with E-state index >= 15 is 0 Å². The molecule has 2 atom stereocenters. The molecule has 14 heavy (non-hydrogen) atoms. The van der Waals surface area contributed by atoms with Gasteiger partial charge in [0, 0.05) is 18.8 Å². The number of nitrogens with one attached hydrogen (secondary N) is 1. The molecular weight excluding hydrogens is 178 g/mol. The molecule has 0 bridgehead atoms. The minimum absolute atomic E-state index is 0.0174. The van der Waals surface area contributed by atoms with Crippen LogP contribution in [0.2, 0.25) is 0 Å². The van der Waals surface area contributed by atoms with E-state index in [1.165, 1.54) is 0 Å². The van der Waals surface area contributed by atoms with E-state index < -0.39 is 0 Å². The second kappa shape index (κ2) is 4.60. The zero-order chi connectivity index (χ0) is 10.7. The molecule has 0 amide bonds. The highest BCUT2D eigenvalue weighted by Crippen LogP contribution is 2.35. The topological polar surface area (TPSA) is 41.5 Å². The molecule has 3 nitrogen and oxygen atoms in total. The van der Waals surface area contributed by atoms with Crippen molar-refractivity contribution < 1.29 is 9.84 Å². The van der Waals surface area contributed by atoms with Crippen molar-refractivity contribution in [2.24, 2.45) is 0 Å². The Kier molecular flexibility index (Phi) is 3.93. The second-order valence-corrected chi connectivity index (χ2v) is 4.58. The summed E-state index contributed by atoms with van der Waals surface area (Å²) in [5.41, 5.74) is 0.0637. The summed E-state index contributed by atoms with van der Waals surface area (Å²) in [6.07, 6.45) is 3.84. The second-order valence-electron chi connectivity index (χ2n) is 4.58. The summed E-state index contributed by atoms with van der Waals surface area (Å²) in [5.74, 6) is 0. The van der Waals surface area contributed by atoms with Crippen molar-refractivity contribution in [1.29, 1.82) is 0 Å². The molecule has 0 aromatic carbocycles. The normalized spacial score (nSPS) is 38.6. The first-order chi connectivity index (χ1) is 6.60. The van der Waals surface area contributed by atoms with E-state index in [1.54, 1.807) is 0 Å². The van der Waals surface area contributed by atoms with Crippen LogP contribution in [0.15, 0.2) is 0 Å². The Morgan fingerprint density at radius 1 is 1.50 bits per heavy atom. The van der Waals surface area contributed by atoms with Gasteiger partial charge in [-0.05, 0) is 39.7 Å². The Bertz CT molecular complexity index is 182. The average molecular weight is 201 g/mol. The summed E-state index contributed by atoms with van der Waals surface area (Å²) in [7, 11) is 1.98. The quantitative estimate of drug-likeness (QED) is 0.720. The molecule has 0 aliphatic carbocycles. The van der Waals surface area contributed by atoms with Crippen LogP contribution in [0.25, 0.3) is 0 Å². The summed E-state index contributed by atoms with van der Waals surface area (Å²) in [4.78, 5) is 0. The molecule has 2 N–H and O–H groups in total. The lowest BCUT2D eigenvalue weighted by Crippen LogP contribution is -2.54. The lowest BCUT2D eigenvalue weighted by Gasteiger charge is -2.46. The van der Waals surface area contributed by atoms with Crippen LogP contribution >= 0.6 is 0 Å². The molecule has 0 aromatic heterocycles. The number of hydrogen-bond acceptors (Lipinski definition) is 3. The van der Waals surface area contributed by atoms with Gasteiger partial charge < -0.3 is 15.2 Å². The molecular formula is C11H23NO2. The van der Waals surface area contributed by atoms with Crippen LogP contribution < -0.4 is 5.32 Å². The molecule has 84 valence electrons. The zero-order valence-corrected chi connectivity index (χ0v) is 9.60. The fourth-order valence-electron chi connectivity index (χ4n) is 2.34. The molecule has 1 heterocycles. The minimum Gasteiger partial charge on any atom is -0.396 e. The maximum Gasteiger partial charge on any atom is 0.0669 e. The number of aliphatic hydroxyl groups is 1. The molecule has 2 unspecified atom stereocenters. The van der Waals surface area contributed by atoms with E-state index in [0.29, 0.717) is 0 Å². The van der Waals surface area contributed by atoms with E-state index in [4.69, 9.17) is 9.84 Å². The first kappa shape index (κ1) is 12.0. The minimum atomic E-state index is -0.0174. The maximum atomic E-state index is 9.08. The Morgan fingerprint density at radius 3 is 2.71 bits per heavy atom. The van der Waals surface area contributed by atoms with Crippen LogP contribution in [0, 0.1) is 0 Å². The van der Waals surface area contributed by atoms with Crippen LogP contribution in [0.1, 0.15) is 39.5 Å². The van der Waals surface area contributed by atoms with Gasteiger partial charge >= 0.3 is 0 Å². The van der Waals surface area contributed by atoms with Crippen molar-refractivity contribution in [3.63, 3.8) is 0 Å². The lowest BCUT2D eigenvalue weighted by atomic mass is 9.77. The van der Waals surface area contributed by atoms with Crippen LogP contribution in [0.5, 0.6) is 0 Å². The number of hydrogen-bond donors (Lipinski definition) is 2. The molecule has 1 fully saturated rings. The first-order valence-corrected chi connectivity index (χ1v) is 5.53. The average Bonchev–Trinajstić information content (AvgIpc) is 2.18. The predicted molar refractivity (Wildman–Crippen MR) is 57.4 cm³/mol. The highest BCUT2D eigenvalue weighted by molar-refractivity contribution is 4.97. The van der Waals surface area contributed by atoms with E-state index in [9.17, 15) is 0 Å². The first-order valence-electron chi connectivity index (χ1n) is 5.53. The van der Waals surface area contributed by atoms with Gasteiger partial charge in [0.2, 0.25) is 0 Å². The fraction of sp³-hybridized carbons (Fsp3) is 1.00. The molecule has 0 spiro atoms. The Morgan fingerprint density at radius 2 is 2.21 bits per heavy atom. The monoisotopic (exact) mass is 201 g/mol. The summed E-state index contributed by atoms with van der Waals surface area (Å²) in [6.45, 7) is 5.37. The van der Waals surface area contributed by atoms with Crippen molar-refractivity contribution in [3.05, 3.63) is 0 Å². The summed E-state index contributed by atoms with van der Waals surface area (Å²) >= 11 is 0. The lowest BCUT2D eigenvalue weighted by molar-refractivity contribution is -0.103. The van der Waals surface area contributed by atoms with E-state index in [0.717, 1.165) is 32.3 Å². The summed E-state index contributed by atoms with van der Waals surface area (Å²) in [5, 5.41) is 12.4. The van der Waals surface area contributed by atoms with E-state index in [1.807, 2.05) is 7.05 Å². The molecule has 0 radical (unpaired) electrons. The Labute approximate surface area is 86.8 Å². The van der Waals surface area contributed by atoms with Crippen molar-refractivity contribution in [2.45, 2.75) is 50.7 Å². The van der Waals surface area contributed by atoms with Crippen molar-refractivity contribution in [3.8, 4) is 0 Å². The van der Waals surface area contributed by atoms with Gasteiger partial charge in [-0.25, -0.2) is 0 Å². The van der Waals surface area contributed by atoms with Gasteiger partial charge in [0.05, 0.1) is 5.60 Å². The largest absolute Gasteiger partial charge is 0.396 e. The van der Waals surface area contributed by atoms with Gasteiger partial charge in [-0.1, -0.05) is 6.92 Å². The third-order valence-electron chi connectivity index (χ3n) is 3.61. The molecule has 0 aromatic rings. The summed E-state index contributed by atoms with van der Waals surface area (Å²) < 4.78 is 5.80. The standard InChI is InChI=1S/C11H23NO2/c1-4-10(2)9-11(12-3,5-7-13)6-8-14-10/h12-13H,4-9H2,1-3H3. The molecule has 1 rings (SSSR count). The van der Waals surface area contributed by atoms with Gasteiger partial charge in [-0.3, -0.25) is 0 Å². The van der Waals surface area contributed by atoms with Crippen LogP contribution in [-0.2, 0) is 4.74 Å². The van der Waals surface area contributed by atoms with Crippen LogP contribution in [0.4, 0.5) is 0 Å². The van der Waals surface area contributed by atoms with Gasteiger partial charge in [-0.15, -0.1) is 0 Å². The van der Waals surface area contributed by atoms with Crippen molar-refractivity contribution in [1.82, 2.24) is 5.32 Å². The van der Waals surface area contributed by atoms with E-state index in [2.05, 4.69) is 19.2 Å². The summed E-state index contributed by atoms with van der Waals surface area (Å²) in [6, 6.07) is 0. The molecule has 1 saturated heterocycles.